The van der Waals surface area contributed by atoms with Gasteiger partial charge in [0.2, 0.25) is 11.8 Å². The average molecular weight is 320 g/mol. The monoisotopic (exact) mass is 320 g/mol. The Morgan fingerprint density at radius 1 is 1.30 bits per heavy atom. The number of halogens is 1. The molecule has 0 radical (unpaired) electrons. The lowest BCUT2D eigenvalue weighted by Crippen LogP contribution is -2.55. The van der Waals surface area contributed by atoms with Crippen LogP contribution in [0.15, 0.2) is 24.3 Å². The molecule has 0 aromatic heterocycles. The number of methoxy groups -OCH3 is 1. The Hall–Kier alpha value is -2.44. The van der Waals surface area contributed by atoms with E-state index in [2.05, 4.69) is 5.32 Å². The molecular weight excluding hydrogens is 303 g/mol. The predicted octanol–water partition coefficient (Wildman–Crippen LogP) is 0.778. The summed E-state index contributed by atoms with van der Waals surface area (Å²) in [5, 5.41) is 2.70. The molecule has 1 heterocycles. The minimum Gasteiger partial charge on any atom is -0.468 e. The number of carbonyl (C=O) groups excluding carboxylic acids is 3. The molecule has 1 N–H and O–H groups in total. The maximum absolute atomic E-state index is 13.1. The number of carbonyl (C=O) groups is 3. The fourth-order valence-electron chi connectivity index (χ4n) is 2.96. The predicted molar refractivity (Wildman–Crippen MR) is 77.5 cm³/mol. The van der Waals surface area contributed by atoms with Crippen molar-refractivity contribution in [3.8, 4) is 0 Å². The zero-order valence-electron chi connectivity index (χ0n) is 12.7. The highest BCUT2D eigenvalue weighted by Gasteiger charge is 2.60. The summed E-state index contributed by atoms with van der Waals surface area (Å²) in [5.41, 5.74) is -0.650. The lowest BCUT2D eigenvalue weighted by atomic mass is 9.98. The first-order valence-electron chi connectivity index (χ1n) is 7.42. The molecule has 7 heteroatoms. The van der Waals surface area contributed by atoms with Crippen LogP contribution in [-0.2, 0) is 19.1 Å². The molecule has 1 saturated heterocycles. The van der Waals surface area contributed by atoms with Gasteiger partial charge in [0, 0.05) is 13.1 Å². The van der Waals surface area contributed by atoms with Crippen LogP contribution < -0.4 is 5.32 Å². The molecule has 23 heavy (non-hydrogen) atoms. The maximum Gasteiger partial charge on any atom is 0.321 e. The van der Waals surface area contributed by atoms with Crippen LogP contribution in [0.25, 0.3) is 0 Å². The normalized spacial score (nSPS) is 22.3. The molecule has 1 aromatic rings. The van der Waals surface area contributed by atoms with E-state index in [0.717, 1.165) is 0 Å². The second kappa shape index (κ2) is 5.64. The summed E-state index contributed by atoms with van der Waals surface area (Å²) in [6.45, 7) is 0.616. The Kier molecular flexibility index (Phi) is 3.79. The number of hydrogen-bond acceptors (Lipinski definition) is 4. The van der Waals surface area contributed by atoms with Crippen molar-refractivity contribution < 1.29 is 23.5 Å². The third-order valence-electron chi connectivity index (χ3n) is 4.39. The topological polar surface area (TPSA) is 75.7 Å². The minimum absolute atomic E-state index is 0.297. The Morgan fingerprint density at radius 2 is 1.96 bits per heavy atom. The Balaban J connectivity index is 1.92. The van der Waals surface area contributed by atoms with Crippen LogP contribution in [0, 0.1) is 11.2 Å². The first-order valence-corrected chi connectivity index (χ1v) is 7.42. The van der Waals surface area contributed by atoms with Crippen molar-refractivity contribution >= 4 is 17.8 Å². The van der Waals surface area contributed by atoms with Crippen molar-refractivity contribution in [3.63, 3.8) is 0 Å². The summed E-state index contributed by atoms with van der Waals surface area (Å²) in [5.74, 6) is -1.71. The number of hydrogen-bond donors (Lipinski definition) is 1. The van der Waals surface area contributed by atoms with Crippen molar-refractivity contribution in [3.05, 3.63) is 35.6 Å². The van der Waals surface area contributed by atoms with Crippen LogP contribution in [-0.4, -0.2) is 42.9 Å². The van der Waals surface area contributed by atoms with Crippen LogP contribution in [0.3, 0.4) is 0 Å². The zero-order valence-corrected chi connectivity index (χ0v) is 12.7. The zero-order chi connectivity index (χ0) is 16.6. The SMILES string of the molecule is COC(=O)C1(C(=O)N2CCNC(=O)[C@@H]2c2ccc(F)cc2)CC1. The van der Waals surface area contributed by atoms with Gasteiger partial charge in [0.15, 0.2) is 0 Å². The van der Waals surface area contributed by atoms with E-state index in [1.807, 2.05) is 0 Å². The third kappa shape index (κ3) is 2.56. The van der Waals surface area contributed by atoms with Crippen LogP contribution in [0.2, 0.25) is 0 Å². The lowest BCUT2D eigenvalue weighted by Gasteiger charge is -2.37. The van der Waals surface area contributed by atoms with Crippen molar-refractivity contribution in [2.45, 2.75) is 18.9 Å². The highest BCUT2D eigenvalue weighted by Crippen LogP contribution is 2.49. The molecule has 1 aliphatic carbocycles. The molecule has 2 fully saturated rings. The Labute approximate surface area is 132 Å². The third-order valence-corrected chi connectivity index (χ3v) is 4.39. The van der Waals surface area contributed by atoms with E-state index in [1.54, 1.807) is 0 Å². The molecular formula is C16H17FN2O4. The molecule has 1 aromatic carbocycles. The van der Waals surface area contributed by atoms with Gasteiger partial charge in [-0.05, 0) is 30.5 Å². The highest BCUT2D eigenvalue weighted by molar-refractivity contribution is 6.07. The van der Waals surface area contributed by atoms with Crippen LogP contribution in [0.1, 0.15) is 24.4 Å². The van der Waals surface area contributed by atoms with Gasteiger partial charge in [-0.15, -0.1) is 0 Å². The molecule has 6 nitrogen and oxygen atoms in total. The van der Waals surface area contributed by atoms with Crippen molar-refractivity contribution in [1.29, 1.82) is 0 Å². The molecule has 2 aliphatic rings. The van der Waals surface area contributed by atoms with Gasteiger partial charge in [-0.1, -0.05) is 12.1 Å². The summed E-state index contributed by atoms with van der Waals surface area (Å²) < 4.78 is 17.9. The number of ether oxygens (including phenoxy) is 1. The lowest BCUT2D eigenvalue weighted by molar-refractivity contribution is -0.159. The minimum atomic E-state index is -1.16. The van der Waals surface area contributed by atoms with E-state index >= 15 is 0 Å². The van der Waals surface area contributed by atoms with E-state index in [9.17, 15) is 18.8 Å². The molecule has 1 atom stereocenters. The molecule has 122 valence electrons. The van der Waals surface area contributed by atoms with Gasteiger partial charge in [0.05, 0.1) is 7.11 Å². The van der Waals surface area contributed by atoms with Gasteiger partial charge >= 0.3 is 5.97 Å². The molecule has 0 spiro atoms. The van der Waals surface area contributed by atoms with Gasteiger partial charge < -0.3 is 15.0 Å². The first-order chi connectivity index (χ1) is 11.0. The van der Waals surface area contributed by atoms with Crippen molar-refractivity contribution in [2.75, 3.05) is 20.2 Å². The molecule has 3 rings (SSSR count). The number of nitrogens with one attached hydrogen (secondary N) is 1. The number of esters is 1. The molecule has 0 bridgehead atoms. The van der Waals surface area contributed by atoms with Crippen LogP contribution >= 0.6 is 0 Å². The smallest absolute Gasteiger partial charge is 0.321 e. The quantitative estimate of drug-likeness (QED) is 0.659. The standard InChI is InChI=1S/C16H17FN2O4/c1-23-15(22)16(6-7-16)14(21)19-9-8-18-13(20)12(19)10-2-4-11(17)5-3-10/h2-5,12H,6-9H2,1H3,(H,18,20)/t12-/m0/s1. The number of rotatable bonds is 3. The van der Waals surface area contributed by atoms with Gasteiger partial charge in [-0.3, -0.25) is 14.4 Å². The van der Waals surface area contributed by atoms with E-state index in [4.69, 9.17) is 4.74 Å². The summed E-state index contributed by atoms with van der Waals surface area (Å²) in [6.07, 6.45) is 0.847. The molecule has 0 unspecified atom stereocenters. The average Bonchev–Trinajstić information content (AvgIpc) is 3.36. The largest absolute Gasteiger partial charge is 0.468 e. The maximum atomic E-state index is 13.1. The van der Waals surface area contributed by atoms with Crippen LogP contribution in [0.5, 0.6) is 0 Å². The van der Waals surface area contributed by atoms with Crippen molar-refractivity contribution in [1.82, 2.24) is 10.2 Å². The summed E-state index contributed by atoms with van der Waals surface area (Å²) >= 11 is 0. The Morgan fingerprint density at radius 3 is 2.52 bits per heavy atom. The van der Waals surface area contributed by atoms with E-state index in [-0.39, 0.29) is 5.91 Å². The summed E-state index contributed by atoms with van der Waals surface area (Å²) in [6, 6.07) is 4.57. The second-order valence-electron chi connectivity index (χ2n) is 5.82. The van der Waals surface area contributed by atoms with E-state index in [1.165, 1.54) is 36.3 Å². The fourth-order valence-corrected chi connectivity index (χ4v) is 2.96. The number of amides is 2. The van der Waals surface area contributed by atoms with E-state index < -0.39 is 29.2 Å². The summed E-state index contributed by atoms with van der Waals surface area (Å²) in [4.78, 5) is 38.4. The van der Waals surface area contributed by atoms with E-state index in [0.29, 0.717) is 31.5 Å². The van der Waals surface area contributed by atoms with Gasteiger partial charge in [-0.25, -0.2) is 4.39 Å². The number of piperazine rings is 1. The fraction of sp³-hybridized carbons (Fsp3) is 0.438. The van der Waals surface area contributed by atoms with Gasteiger partial charge in [0.1, 0.15) is 17.3 Å². The van der Waals surface area contributed by atoms with Crippen LogP contribution in [0.4, 0.5) is 4.39 Å². The van der Waals surface area contributed by atoms with Crippen molar-refractivity contribution in [2.24, 2.45) is 5.41 Å². The van der Waals surface area contributed by atoms with Gasteiger partial charge in [0.25, 0.3) is 0 Å². The number of benzene rings is 1. The first kappa shape index (κ1) is 15.5. The highest BCUT2D eigenvalue weighted by atomic mass is 19.1. The number of nitrogens with zero attached hydrogens (tertiary/aromatic N) is 1. The molecule has 2 amide bonds. The summed E-state index contributed by atoms with van der Waals surface area (Å²) in [7, 11) is 1.25. The second-order valence-corrected chi connectivity index (χ2v) is 5.82. The Bertz CT molecular complexity index is 655. The van der Waals surface area contributed by atoms with Gasteiger partial charge in [-0.2, -0.15) is 0 Å². The molecule has 1 aliphatic heterocycles. The molecule has 1 saturated carbocycles.